The van der Waals surface area contributed by atoms with Gasteiger partial charge in [-0.25, -0.2) is 4.79 Å². The largest absolute Gasteiger partial charge is 0.478 e. The fourth-order valence-corrected chi connectivity index (χ4v) is 5.90. The van der Waals surface area contributed by atoms with Crippen LogP contribution >= 0.6 is 56.5 Å². The van der Waals surface area contributed by atoms with E-state index in [-0.39, 0.29) is 0 Å². The summed E-state index contributed by atoms with van der Waals surface area (Å²) in [7, 11) is 0. The molecule has 1 atom stereocenters. The Morgan fingerprint density at radius 2 is 1.92 bits per heavy atom. The van der Waals surface area contributed by atoms with Crippen LogP contribution in [0.5, 0.6) is 5.75 Å². The Balaban J connectivity index is 1.99. The molecule has 0 amide bonds. The fourth-order valence-electron chi connectivity index (χ4n) is 2.64. The lowest BCUT2D eigenvalue weighted by atomic mass is 10.1. The van der Waals surface area contributed by atoms with Crippen molar-refractivity contribution < 1.29 is 14.6 Å². The van der Waals surface area contributed by atoms with Gasteiger partial charge >= 0.3 is 5.97 Å². The van der Waals surface area contributed by atoms with E-state index < -0.39 is 12.1 Å². The summed E-state index contributed by atoms with van der Waals surface area (Å²) in [4.78, 5) is 13.0. The van der Waals surface area contributed by atoms with E-state index in [1.807, 2.05) is 42.5 Å². The lowest BCUT2D eigenvalue weighted by molar-refractivity contribution is -0.144. The first kappa shape index (κ1) is 18.9. The first-order valence-corrected chi connectivity index (χ1v) is 10.8. The lowest BCUT2D eigenvalue weighted by Crippen LogP contribution is -2.29. The van der Waals surface area contributed by atoms with Crippen LogP contribution < -0.4 is 4.74 Å². The summed E-state index contributed by atoms with van der Waals surface area (Å²) in [5.74, 6) is -0.296. The fraction of sp³-hybridized carbons (Fsp3) is 0.211. The van der Waals surface area contributed by atoms with Gasteiger partial charge in [-0.2, -0.15) is 0 Å². The average Bonchev–Trinajstić information content (AvgIpc) is 2.95. The molecule has 0 saturated heterocycles. The Hall–Kier alpha value is -0.870. The van der Waals surface area contributed by atoms with E-state index in [4.69, 9.17) is 4.74 Å². The van der Waals surface area contributed by atoms with Gasteiger partial charge in [-0.3, -0.25) is 0 Å². The highest BCUT2D eigenvalue weighted by Gasteiger charge is 2.23. The first-order valence-electron chi connectivity index (χ1n) is 7.84. The molecule has 3 aromatic rings. The second-order valence-corrected chi connectivity index (χ2v) is 8.92. The molecule has 0 spiro atoms. The average molecular weight is 578 g/mol. The molecule has 0 radical (unpaired) electrons. The number of hydrogen-bond donors (Lipinski definition) is 1. The quantitative estimate of drug-likeness (QED) is 0.380. The second kappa shape index (κ2) is 8.22. The minimum Gasteiger partial charge on any atom is -0.478 e. The van der Waals surface area contributed by atoms with Gasteiger partial charge in [0.05, 0.1) is 4.70 Å². The van der Waals surface area contributed by atoms with Crippen LogP contribution in [0.15, 0.2) is 42.5 Å². The van der Waals surface area contributed by atoms with Crippen molar-refractivity contribution in [3.05, 3.63) is 60.0 Å². The maximum Gasteiger partial charge on any atom is 0.345 e. The Labute approximate surface area is 177 Å². The Morgan fingerprint density at radius 1 is 1.20 bits per heavy atom. The van der Waals surface area contributed by atoms with Crippen LogP contribution in [-0.4, -0.2) is 17.2 Å². The van der Waals surface area contributed by atoms with Crippen LogP contribution in [0.3, 0.4) is 0 Å². The van der Waals surface area contributed by atoms with Gasteiger partial charge < -0.3 is 9.84 Å². The molecule has 6 heteroatoms. The van der Waals surface area contributed by atoms with Crippen LogP contribution in [0.25, 0.3) is 10.1 Å². The van der Waals surface area contributed by atoms with Gasteiger partial charge in [0.15, 0.2) is 6.10 Å². The van der Waals surface area contributed by atoms with Crippen LogP contribution in [0.4, 0.5) is 0 Å². The Morgan fingerprint density at radius 3 is 2.56 bits per heavy atom. The standard InChI is InChI=1S/C19H16I2O3S/c1-2-15-17(21)16-13(9-8-12(20)18(16)25-15)24-14(19(22)23)10-11-6-4-3-5-7-11/h3-9,14H,2,10H2,1H3,(H,22,23)/t14-/m1/s1. The number of ether oxygens (including phenoxy) is 1. The number of thiophene rings is 1. The van der Waals surface area contributed by atoms with Gasteiger partial charge in [0.2, 0.25) is 0 Å². The number of halogens is 2. The summed E-state index contributed by atoms with van der Waals surface area (Å²) in [5.41, 5.74) is 0.950. The predicted molar refractivity (Wildman–Crippen MR) is 119 cm³/mol. The zero-order chi connectivity index (χ0) is 18.0. The van der Waals surface area contributed by atoms with Crippen LogP contribution in [-0.2, 0) is 17.6 Å². The van der Waals surface area contributed by atoms with Crippen molar-refractivity contribution in [1.82, 2.24) is 0 Å². The van der Waals surface area contributed by atoms with Crippen molar-refractivity contribution >= 4 is 72.6 Å². The number of aliphatic carboxylic acids is 1. The highest BCUT2D eigenvalue weighted by Crippen LogP contribution is 2.41. The highest BCUT2D eigenvalue weighted by atomic mass is 127. The molecule has 0 bridgehead atoms. The normalized spacial score (nSPS) is 12.3. The summed E-state index contributed by atoms with van der Waals surface area (Å²) >= 11 is 6.43. The molecule has 0 fully saturated rings. The predicted octanol–water partition coefficient (Wildman–Crippen LogP) is 5.75. The number of carboxylic acid groups (broad SMARTS) is 1. The number of aryl methyl sites for hydroxylation is 1. The van der Waals surface area contributed by atoms with Crippen molar-refractivity contribution in [3.63, 3.8) is 0 Å². The molecule has 0 aliphatic carbocycles. The molecular weight excluding hydrogens is 562 g/mol. The zero-order valence-corrected chi connectivity index (χ0v) is 18.6. The summed E-state index contributed by atoms with van der Waals surface area (Å²) in [6.45, 7) is 2.13. The molecule has 3 nitrogen and oxygen atoms in total. The number of fused-ring (bicyclic) bond motifs is 1. The zero-order valence-electron chi connectivity index (χ0n) is 13.5. The number of carboxylic acids is 1. The minimum absolute atomic E-state index is 0.338. The van der Waals surface area contributed by atoms with Crippen molar-refractivity contribution in [2.24, 2.45) is 0 Å². The molecule has 0 aliphatic rings. The van der Waals surface area contributed by atoms with Gasteiger partial charge in [0.25, 0.3) is 0 Å². The first-order chi connectivity index (χ1) is 12.0. The highest BCUT2D eigenvalue weighted by molar-refractivity contribution is 14.1. The van der Waals surface area contributed by atoms with Gasteiger partial charge in [0.1, 0.15) is 5.75 Å². The van der Waals surface area contributed by atoms with E-state index in [9.17, 15) is 9.90 Å². The van der Waals surface area contributed by atoms with Crippen molar-refractivity contribution in [1.29, 1.82) is 0 Å². The minimum atomic E-state index is -0.948. The van der Waals surface area contributed by atoms with Gasteiger partial charge in [0, 0.05) is 23.8 Å². The SMILES string of the molecule is CCc1sc2c(I)ccc(O[C@H](Cc3ccccc3)C(=O)O)c2c1I. The third-order valence-corrected chi connectivity index (χ3v) is 8.08. The van der Waals surface area contributed by atoms with Crippen molar-refractivity contribution in [3.8, 4) is 5.75 Å². The molecule has 25 heavy (non-hydrogen) atoms. The third-order valence-electron chi connectivity index (χ3n) is 3.89. The van der Waals surface area contributed by atoms with Crippen molar-refractivity contribution in [2.75, 3.05) is 0 Å². The van der Waals surface area contributed by atoms with E-state index in [2.05, 4.69) is 52.1 Å². The van der Waals surface area contributed by atoms with E-state index >= 15 is 0 Å². The van der Waals surface area contributed by atoms with Crippen LogP contribution in [0.2, 0.25) is 0 Å². The summed E-state index contributed by atoms with van der Waals surface area (Å²) in [5, 5.41) is 10.7. The summed E-state index contributed by atoms with van der Waals surface area (Å²) in [6.07, 6.45) is 0.385. The van der Waals surface area contributed by atoms with Gasteiger partial charge in [-0.15, -0.1) is 11.3 Å². The maximum atomic E-state index is 11.7. The van der Waals surface area contributed by atoms with Gasteiger partial charge in [-0.05, 0) is 69.3 Å². The number of benzene rings is 2. The molecule has 1 aromatic heterocycles. The molecule has 0 saturated carbocycles. The van der Waals surface area contributed by atoms with E-state index in [1.54, 1.807) is 11.3 Å². The lowest BCUT2D eigenvalue weighted by Gasteiger charge is -2.16. The van der Waals surface area contributed by atoms with Crippen LogP contribution in [0.1, 0.15) is 17.4 Å². The molecular formula is C19H16I2O3S. The third kappa shape index (κ3) is 4.11. The number of carbonyl (C=O) groups is 1. The van der Waals surface area contributed by atoms with Crippen molar-refractivity contribution in [2.45, 2.75) is 25.9 Å². The van der Waals surface area contributed by atoms with Crippen LogP contribution in [0, 0.1) is 7.14 Å². The molecule has 1 N–H and O–H groups in total. The number of rotatable bonds is 6. The smallest absolute Gasteiger partial charge is 0.345 e. The molecule has 130 valence electrons. The second-order valence-electron chi connectivity index (χ2n) is 5.58. The molecule has 2 aromatic carbocycles. The summed E-state index contributed by atoms with van der Waals surface area (Å²) < 4.78 is 9.48. The monoisotopic (exact) mass is 578 g/mol. The van der Waals surface area contributed by atoms with E-state index in [0.29, 0.717) is 12.2 Å². The molecule has 0 aliphatic heterocycles. The van der Waals surface area contributed by atoms with Gasteiger partial charge in [-0.1, -0.05) is 37.3 Å². The summed E-state index contributed by atoms with van der Waals surface area (Å²) in [6, 6.07) is 13.5. The Bertz CT molecular complexity index is 906. The molecule has 1 heterocycles. The molecule has 0 unspecified atom stereocenters. The topological polar surface area (TPSA) is 46.5 Å². The van der Waals surface area contributed by atoms with E-state index in [1.165, 1.54) is 9.58 Å². The maximum absolute atomic E-state index is 11.7. The number of hydrogen-bond acceptors (Lipinski definition) is 3. The van der Waals surface area contributed by atoms with E-state index in [0.717, 1.165) is 24.5 Å². The molecule has 3 rings (SSSR count). The Kier molecular flexibility index (Phi) is 6.21.